The van der Waals surface area contributed by atoms with Crippen molar-refractivity contribution in [3.8, 4) is 0 Å². The molecule has 96 valence electrons. The largest absolute Gasteiger partial charge is 0.458 e. The van der Waals surface area contributed by atoms with E-state index in [0.717, 1.165) is 36.9 Å². The number of rotatable bonds is 2. The minimum absolute atomic E-state index is 0.0907. The topological polar surface area (TPSA) is 25.2 Å². The van der Waals surface area contributed by atoms with Crippen molar-refractivity contribution in [3.05, 3.63) is 35.6 Å². The van der Waals surface area contributed by atoms with Gasteiger partial charge in [0.1, 0.15) is 11.3 Å². The first-order chi connectivity index (χ1) is 8.74. The van der Waals surface area contributed by atoms with Crippen molar-refractivity contribution >= 4 is 11.0 Å². The quantitative estimate of drug-likeness (QED) is 0.874. The van der Waals surface area contributed by atoms with Crippen molar-refractivity contribution in [2.45, 2.75) is 25.9 Å². The number of hydrogen-bond donors (Lipinski definition) is 1. The molecule has 0 spiro atoms. The van der Waals surface area contributed by atoms with E-state index in [2.05, 4.69) is 5.32 Å². The summed E-state index contributed by atoms with van der Waals surface area (Å²) in [6.45, 7) is 3.85. The Bertz CT molecular complexity index is 542. The summed E-state index contributed by atoms with van der Waals surface area (Å²) in [7, 11) is 0. The van der Waals surface area contributed by atoms with E-state index in [1.165, 1.54) is 5.56 Å². The maximum atomic E-state index is 14.4. The predicted molar refractivity (Wildman–Crippen MR) is 70.4 cm³/mol. The van der Waals surface area contributed by atoms with Gasteiger partial charge in [-0.2, -0.15) is 0 Å². The SMILES string of the molecule is Cc1ccc2oc(C(F)C3CCNCC3)cc2c1. The van der Waals surface area contributed by atoms with E-state index in [0.29, 0.717) is 5.76 Å². The minimum atomic E-state index is -0.972. The summed E-state index contributed by atoms with van der Waals surface area (Å²) in [5, 5.41) is 4.26. The molecule has 3 rings (SSSR count). The first-order valence-corrected chi connectivity index (χ1v) is 6.59. The van der Waals surface area contributed by atoms with Gasteiger partial charge in [0.15, 0.2) is 6.17 Å². The molecule has 1 aliphatic heterocycles. The normalized spacial score (nSPS) is 19.2. The molecule has 1 atom stereocenters. The lowest BCUT2D eigenvalue weighted by atomic mass is 9.92. The van der Waals surface area contributed by atoms with E-state index in [-0.39, 0.29) is 5.92 Å². The molecule has 1 fully saturated rings. The highest BCUT2D eigenvalue weighted by molar-refractivity contribution is 5.78. The van der Waals surface area contributed by atoms with Gasteiger partial charge in [-0.05, 0) is 57.0 Å². The van der Waals surface area contributed by atoms with Crippen LogP contribution in [0.4, 0.5) is 4.39 Å². The average molecular weight is 247 g/mol. The van der Waals surface area contributed by atoms with Crippen molar-refractivity contribution in [3.63, 3.8) is 0 Å². The number of fused-ring (bicyclic) bond motifs is 1. The van der Waals surface area contributed by atoms with Crippen LogP contribution in [-0.4, -0.2) is 13.1 Å². The van der Waals surface area contributed by atoms with Gasteiger partial charge < -0.3 is 9.73 Å². The molecule has 2 heterocycles. The summed E-state index contributed by atoms with van der Waals surface area (Å²) >= 11 is 0. The van der Waals surface area contributed by atoms with Gasteiger partial charge in [0.25, 0.3) is 0 Å². The number of nitrogens with one attached hydrogen (secondary N) is 1. The zero-order valence-corrected chi connectivity index (χ0v) is 10.6. The highest BCUT2D eigenvalue weighted by atomic mass is 19.1. The molecule has 1 unspecified atom stereocenters. The summed E-state index contributed by atoms with van der Waals surface area (Å²) in [6.07, 6.45) is 0.800. The van der Waals surface area contributed by atoms with Gasteiger partial charge in [-0.1, -0.05) is 11.6 Å². The summed E-state index contributed by atoms with van der Waals surface area (Å²) in [5.41, 5.74) is 1.96. The van der Waals surface area contributed by atoms with E-state index < -0.39 is 6.17 Å². The third kappa shape index (κ3) is 2.15. The zero-order chi connectivity index (χ0) is 12.5. The zero-order valence-electron chi connectivity index (χ0n) is 10.6. The number of benzene rings is 1. The Morgan fingerprint density at radius 2 is 2.06 bits per heavy atom. The second-order valence-electron chi connectivity index (χ2n) is 5.18. The number of aryl methyl sites for hydroxylation is 1. The number of alkyl halides is 1. The van der Waals surface area contributed by atoms with Crippen molar-refractivity contribution in [1.29, 1.82) is 0 Å². The Morgan fingerprint density at radius 3 is 2.83 bits per heavy atom. The molecule has 1 aliphatic rings. The van der Waals surface area contributed by atoms with Crippen molar-refractivity contribution in [2.24, 2.45) is 5.92 Å². The maximum absolute atomic E-state index is 14.4. The molecular formula is C15H18FNO. The van der Waals surface area contributed by atoms with Gasteiger partial charge in [-0.3, -0.25) is 0 Å². The standard InChI is InChI=1S/C15H18FNO/c1-10-2-3-13-12(8-10)9-14(18-13)15(16)11-4-6-17-7-5-11/h2-3,8-9,11,15,17H,4-7H2,1H3. The van der Waals surface area contributed by atoms with E-state index in [9.17, 15) is 4.39 Å². The van der Waals surface area contributed by atoms with Gasteiger partial charge in [0.2, 0.25) is 0 Å². The third-order valence-electron chi connectivity index (χ3n) is 3.76. The van der Waals surface area contributed by atoms with Crippen LogP contribution in [0.15, 0.2) is 28.7 Å². The molecule has 3 heteroatoms. The Labute approximate surface area is 106 Å². The summed E-state index contributed by atoms with van der Waals surface area (Å²) in [4.78, 5) is 0. The maximum Gasteiger partial charge on any atom is 0.160 e. The van der Waals surface area contributed by atoms with Crippen LogP contribution in [0.5, 0.6) is 0 Å². The molecule has 2 nitrogen and oxygen atoms in total. The fraction of sp³-hybridized carbons (Fsp3) is 0.467. The van der Waals surface area contributed by atoms with E-state index >= 15 is 0 Å². The Morgan fingerprint density at radius 1 is 1.28 bits per heavy atom. The lowest BCUT2D eigenvalue weighted by molar-refractivity contribution is 0.166. The van der Waals surface area contributed by atoms with Gasteiger partial charge in [-0.15, -0.1) is 0 Å². The molecule has 0 saturated carbocycles. The molecule has 1 saturated heterocycles. The summed E-state index contributed by atoms with van der Waals surface area (Å²) in [5.74, 6) is 0.579. The molecule has 1 N–H and O–H groups in total. The number of piperidine rings is 1. The first-order valence-electron chi connectivity index (χ1n) is 6.59. The minimum Gasteiger partial charge on any atom is -0.458 e. The fourth-order valence-corrected chi connectivity index (χ4v) is 2.69. The second kappa shape index (κ2) is 4.73. The van der Waals surface area contributed by atoms with Crippen LogP contribution in [0.3, 0.4) is 0 Å². The van der Waals surface area contributed by atoms with Crippen molar-refractivity contribution in [1.82, 2.24) is 5.32 Å². The molecule has 0 bridgehead atoms. The molecule has 1 aromatic heterocycles. The molecule has 0 amide bonds. The predicted octanol–water partition coefficient (Wildman–Crippen LogP) is 3.75. The van der Waals surface area contributed by atoms with Crippen molar-refractivity contribution in [2.75, 3.05) is 13.1 Å². The third-order valence-corrected chi connectivity index (χ3v) is 3.76. The van der Waals surface area contributed by atoms with Gasteiger partial charge in [0.05, 0.1) is 0 Å². The highest BCUT2D eigenvalue weighted by Crippen LogP contribution is 2.35. The lowest BCUT2D eigenvalue weighted by Crippen LogP contribution is -2.29. The van der Waals surface area contributed by atoms with Crippen LogP contribution in [-0.2, 0) is 0 Å². The Hall–Kier alpha value is -1.35. The Balaban J connectivity index is 1.88. The fourth-order valence-electron chi connectivity index (χ4n) is 2.69. The molecule has 1 aromatic carbocycles. The summed E-state index contributed by atoms with van der Waals surface area (Å²) in [6, 6.07) is 7.81. The molecular weight excluding hydrogens is 229 g/mol. The average Bonchev–Trinajstić information content (AvgIpc) is 2.81. The first kappa shape index (κ1) is 11.7. The monoisotopic (exact) mass is 247 g/mol. The molecule has 0 aliphatic carbocycles. The van der Waals surface area contributed by atoms with E-state index in [1.807, 2.05) is 31.2 Å². The van der Waals surface area contributed by atoms with Crippen LogP contribution in [0.1, 0.15) is 30.3 Å². The van der Waals surface area contributed by atoms with Gasteiger partial charge >= 0.3 is 0 Å². The van der Waals surface area contributed by atoms with Crippen LogP contribution >= 0.6 is 0 Å². The van der Waals surface area contributed by atoms with Gasteiger partial charge in [0, 0.05) is 5.39 Å². The van der Waals surface area contributed by atoms with E-state index in [4.69, 9.17) is 4.42 Å². The molecule has 2 aromatic rings. The second-order valence-corrected chi connectivity index (χ2v) is 5.18. The van der Waals surface area contributed by atoms with Crippen LogP contribution in [0.25, 0.3) is 11.0 Å². The number of hydrogen-bond acceptors (Lipinski definition) is 2. The summed E-state index contributed by atoms with van der Waals surface area (Å²) < 4.78 is 20.1. The van der Waals surface area contributed by atoms with Crippen LogP contribution in [0, 0.1) is 12.8 Å². The molecule has 0 radical (unpaired) electrons. The number of halogens is 1. The van der Waals surface area contributed by atoms with Crippen LogP contribution < -0.4 is 5.32 Å². The lowest BCUT2D eigenvalue weighted by Gasteiger charge is -2.24. The number of furan rings is 1. The van der Waals surface area contributed by atoms with Crippen molar-refractivity contribution < 1.29 is 8.81 Å². The van der Waals surface area contributed by atoms with Gasteiger partial charge in [-0.25, -0.2) is 4.39 Å². The Kier molecular flexibility index (Phi) is 3.08. The van der Waals surface area contributed by atoms with Crippen LogP contribution in [0.2, 0.25) is 0 Å². The molecule has 18 heavy (non-hydrogen) atoms. The highest BCUT2D eigenvalue weighted by Gasteiger charge is 2.27. The van der Waals surface area contributed by atoms with E-state index in [1.54, 1.807) is 0 Å². The smallest absolute Gasteiger partial charge is 0.160 e.